The Kier molecular flexibility index (Phi) is 4.31. The van der Waals surface area contributed by atoms with Gasteiger partial charge in [-0.15, -0.1) is 0 Å². The second-order valence-corrected chi connectivity index (χ2v) is 5.47. The molecule has 2 aromatic rings. The van der Waals surface area contributed by atoms with Gasteiger partial charge in [0.1, 0.15) is 5.69 Å². The molecule has 0 unspecified atom stereocenters. The van der Waals surface area contributed by atoms with Gasteiger partial charge < -0.3 is 19.3 Å². The number of carboxylic acids is 1. The summed E-state index contributed by atoms with van der Waals surface area (Å²) >= 11 is 5.93. The molecule has 1 aromatic carbocycles. The molecule has 0 radical (unpaired) electrons. The molecular formula is C15H13ClN2O5. The fraction of sp³-hybridized carbons (Fsp3) is 0.267. The Bertz CT molecular complexity index is 745. The zero-order valence-electron chi connectivity index (χ0n) is 11.9. The molecule has 1 N–H and O–H groups in total. The van der Waals surface area contributed by atoms with Gasteiger partial charge in [0.2, 0.25) is 5.76 Å². The Morgan fingerprint density at radius 2 is 2.17 bits per heavy atom. The van der Waals surface area contributed by atoms with Crippen LogP contribution in [0.2, 0.25) is 5.02 Å². The van der Waals surface area contributed by atoms with Crippen LogP contribution in [0.5, 0.6) is 0 Å². The quantitative estimate of drug-likeness (QED) is 0.920. The SMILES string of the molecule is O=C(O)[C@H]1CN(C(=O)c2cc(-c3cccc(Cl)c3)no2)CCO1. The molecule has 1 fully saturated rings. The normalized spacial score (nSPS) is 18.0. The van der Waals surface area contributed by atoms with Gasteiger partial charge in [0.25, 0.3) is 5.91 Å². The number of hydrogen-bond acceptors (Lipinski definition) is 5. The van der Waals surface area contributed by atoms with E-state index in [1.807, 2.05) is 0 Å². The number of rotatable bonds is 3. The van der Waals surface area contributed by atoms with Crippen molar-refractivity contribution in [3.05, 3.63) is 41.1 Å². The maximum absolute atomic E-state index is 12.4. The lowest BCUT2D eigenvalue weighted by molar-refractivity contribution is -0.154. The number of nitrogens with zero attached hydrogens (tertiary/aromatic N) is 2. The minimum Gasteiger partial charge on any atom is -0.479 e. The van der Waals surface area contributed by atoms with Crippen molar-refractivity contribution in [1.29, 1.82) is 0 Å². The molecule has 1 amide bonds. The van der Waals surface area contributed by atoms with E-state index in [-0.39, 0.29) is 18.9 Å². The van der Waals surface area contributed by atoms with Gasteiger partial charge in [-0.05, 0) is 12.1 Å². The van der Waals surface area contributed by atoms with Gasteiger partial charge in [0.15, 0.2) is 6.10 Å². The maximum atomic E-state index is 12.4. The van der Waals surface area contributed by atoms with Crippen molar-refractivity contribution >= 4 is 23.5 Å². The standard InChI is InChI=1S/C15H13ClN2O5/c16-10-3-1-2-9(6-10)11-7-12(23-17-11)14(19)18-4-5-22-13(8-18)15(20)21/h1-3,6-7,13H,4-5,8H2,(H,20,21)/t13-/m1/s1. The molecule has 1 aromatic heterocycles. The van der Waals surface area contributed by atoms with E-state index in [2.05, 4.69) is 5.16 Å². The topological polar surface area (TPSA) is 92.9 Å². The highest BCUT2D eigenvalue weighted by atomic mass is 35.5. The summed E-state index contributed by atoms with van der Waals surface area (Å²) in [5.74, 6) is -1.47. The first kappa shape index (κ1) is 15.5. The zero-order valence-corrected chi connectivity index (χ0v) is 12.7. The number of aliphatic carboxylic acids is 1. The summed E-state index contributed by atoms with van der Waals surface area (Å²) in [5, 5.41) is 13.4. The predicted molar refractivity (Wildman–Crippen MR) is 80.2 cm³/mol. The summed E-state index contributed by atoms with van der Waals surface area (Å²) in [6.45, 7) is 0.440. The first-order chi connectivity index (χ1) is 11.0. The molecule has 7 nitrogen and oxygen atoms in total. The highest BCUT2D eigenvalue weighted by Gasteiger charge is 2.31. The molecule has 120 valence electrons. The van der Waals surface area contributed by atoms with Crippen LogP contribution in [-0.2, 0) is 9.53 Å². The number of hydrogen-bond donors (Lipinski definition) is 1. The van der Waals surface area contributed by atoms with E-state index in [0.717, 1.165) is 5.56 Å². The summed E-state index contributed by atoms with van der Waals surface area (Å²) in [6, 6.07) is 8.53. The van der Waals surface area contributed by atoms with Crippen molar-refractivity contribution < 1.29 is 24.0 Å². The molecule has 3 rings (SSSR count). The van der Waals surface area contributed by atoms with Gasteiger partial charge in [-0.25, -0.2) is 4.79 Å². The van der Waals surface area contributed by atoms with Crippen molar-refractivity contribution in [2.45, 2.75) is 6.10 Å². The number of amides is 1. The summed E-state index contributed by atoms with van der Waals surface area (Å²) in [7, 11) is 0. The molecule has 0 spiro atoms. The van der Waals surface area contributed by atoms with Crippen molar-refractivity contribution in [3.63, 3.8) is 0 Å². The van der Waals surface area contributed by atoms with Crippen LogP contribution in [0.4, 0.5) is 0 Å². The molecule has 0 aliphatic carbocycles. The number of carbonyl (C=O) groups excluding carboxylic acids is 1. The van der Waals surface area contributed by atoms with Crippen LogP contribution in [-0.4, -0.2) is 52.8 Å². The monoisotopic (exact) mass is 336 g/mol. The number of aromatic nitrogens is 1. The lowest BCUT2D eigenvalue weighted by atomic mass is 10.1. The average Bonchev–Trinajstić information content (AvgIpc) is 3.04. The molecule has 8 heteroatoms. The Labute approximate surface area is 136 Å². The Hall–Kier alpha value is -2.38. The minimum atomic E-state index is -1.10. The maximum Gasteiger partial charge on any atom is 0.334 e. The first-order valence-electron chi connectivity index (χ1n) is 6.91. The van der Waals surface area contributed by atoms with Crippen molar-refractivity contribution in [2.75, 3.05) is 19.7 Å². The fourth-order valence-corrected chi connectivity index (χ4v) is 2.49. The average molecular weight is 337 g/mol. The summed E-state index contributed by atoms with van der Waals surface area (Å²) in [4.78, 5) is 24.7. The summed E-state index contributed by atoms with van der Waals surface area (Å²) in [6.07, 6.45) is -1.02. The smallest absolute Gasteiger partial charge is 0.334 e. The lowest BCUT2D eigenvalue weighted by Crippen LogP contribution is -2.48. The van der Waals surface area contributed by atoms with Crippen LogP contribution in [0.3, 0.4) is 0 Å². The van der Waals surface area contributed by atoms with Crippen molar-refractivity contribution in [2.24, 2.45) is 0 Å². The Morgan fingerprint density at radius 3 is 2.91 bits per heavy atom. The predicted octanol–water partition coefficient (Wildman–Crippen LogP) is 1.92. The van der Waals surface area contributed by atoms with Crippen molar-refractivity contribution in [1.82, 2.24) is 10.1 Å². The zero-order chi connectivity index (χ0) is 16.4. The molecule has 0 bridgehead atoms. The Balaban J connectivity index is 1.77. The molecule has 1 atom stereocenters. The van der Waals surface area contributed by atoms with Crippen LogP contribution in [0, 0.1) is 0 Å². The number of benzene rings is 1. The molecule has 2 heterocycles. The molecular weight excluding hydrogens is 324 g/mol. The largest absolute Gasteiger partial charge is 0.479 e. The molecule has 0 saturated carbocycles. The first-order valence-corrected chi connectivity index (χ1v) is 7.29. The molecule has 1 saturated heterocycles. The van der Waals surface area contributed by atoms with Crippen molar-refractivity contribution in [3.8, 4) is 11.3 Å². The van der Waals surface area contributed by atoms with Gasteiger partial charge in [-0.1, -0.05) is 28.9 Å². The third-order valence-electron chi connectivity index (χ3n) is 3.47. The fourth-order valence-electron chi connectivity index (χ4n) is 2.30. The van der Waals surface area contributed by atoms with E-state index in [0.29, 0.717) is 17.3 Å². The van der Waals surface area contributed by atoms with Gasteiger partial charge in [0.05, 0.1) is 13.2 Å². The minimum absolute atomic E-state index is 0.0264. The third-order valence-corrected chi connectivity index (χ3v) is 3.71. The highest BCUT2D eigenvalue weighted by molar-refractivity contribution is 6.30. The number of ether oxygens (including phenoxy) is 1. The van der Waals surface area contributed by atoms with E-state index in [1.165, 1.54) is 11.0 Å². The highest BCUT2D eigenvalue weighted by Crippen LogP contribution is 2.23. The van der Waals surface area contributed by atoms with Crippen LogP contribution in [0.15, 0.2) is 34.9 Å². The van der Waals surface area contributed by atoms with E-state index in [9.17, 15) is 9.59 Å². The number of carbonyl (C=O) groups is 2. The number of morpholine rings is 1. The number of carboxylic acid groups (broad SMARTS) is 1. The lowest BCUT2D eigenvalue weighted by Gasteiger charge is -2.29. The van der Waals surface area contributed by atoms with E-state index >= 15 is 0 Å². The summed E-state index contributed by atoms with van der Waals surface area (Å²) < 4.78 is 10.2. The van der Waals surface area contributed by atoms with Gasteiger partial charge >= 0.3 is 5.97 Å². The van der Waals surface area contributed by atoms with E-state index in [1.54, 1.807) is 24.3 Å². The van der Waals surface area contributed by atoms with E-state index in [4.69, 9.17) is 26.0 Å². The summed E-state index contributed by atoms with van der Waals surface area (Å²) in [5.41, 5.74) is 1.21. The second kappa shape index (κ2) is 6.39. The Morgan fingerprint density at radius 1 is 1.35 bits per heavy atom. The third kappa shape index (κ3) is 3.35. The molecule has 1 aliphatic heterocycles. The van der Waals surface area contributed by atoms with Crippen LogP contribution in [0.25, 0.3) is 11.3 Å². The second-order valence-electron chi connectivity index (χ2n) is 5.04. The van der Waals surface area contributed by atoms with Gasteiger partial charge in [0, 0.05) is 23.2 Å². The molecule has 23 heavy (non-hydrogen) atoms. The van der Waals surface area contributed by atoms with Crippen LogP contribution < -0.4 is 0 Å². The number of halogens is 1. The van der Waals surface area contributed by atoms with Crippen LogP contribution in [0.1, 0.15) is 10.6 Å². The van der Waals surface area contributed by atoms with Crippen LogP contribution >= 0.6 is 11.6 Å². The van der Waals surface area contributed by atoms with Gasteiger partial charge in [-0.3, -0.25) is 4.79 Å². The van der Waals surface area contributed by atoms with Gasteiger partial charge in [-0.2, -0.15) is 0 Å². The molecule has 1 aliphatic rings. The van der Waals surface area contributed by atoms with E-state index < -0.39 is 18.0 Å².